The van der Waals surface area contributed by atoms with E-state index in [-0.39, 0.29) is 17.4 Å². The van der Waals surface area contributed by atoms with Crippen LogP contribution in [0.4, 0.5) is 0 Å². The molecular formula is C16H23N3O3. The lowest BCUT2D eigenvalue weighted by molar-refractivity contribution is -0.144. The maximum Gasteiger partial charge on any atom is 0.259 e. The van der Waals surface area contributed by atoms with Crippen molar-refractivity contribution in [1.82, 2.24) is 15.0 Å². The Morgan fingerprint density at radius 1 is 1.41 bits per heavy atom. The van der Waals surface area contributed by atoms with E-state index in [4.69, 9.17) is 4.52 Å². The van der Waals surface area contributed by atoms with Crippen molar-refractivity contribution in [1.29, 1.82) is 0 Å². The van der Waals surface area contributed by atoms with Crippen LogP contribution in [0.1, 0.15) is 55.1 Å². The standard InChI is InChI=1S/C16H23N3O3/c1-3-19-14(20)6-4-7-16(19)8-5-9-18(11-16)15(21)13-10-22-17-12(13)2/h10H,3-9,11H2,1-2H3/t16-/m1/s1. The predicted octanol–water partition coefficient (Wildman–Crippen LogP) is 1.99. The first-order valence-electron chi connectivity index (χ1n) is 8.08. The quantitative estimate of drug-likeness (QED) is 0.838. The first kappa shape index (κ1) is 15.1. The number of amides is 2. The van der Waals surface area contributed by atoms with Gasteiger partial charge in [-0.3, -0.25) is 9.59 Å². The number of rotatable bonds is 2. The van der Waals surface area contributed by atoms with Gasteiger partial charge in [-0.05, 0) is 39.5 Å². The molecule has 2 aliphatic rings. The average molecular weight is 305 g/mol. The molecule has 1 aromatic rings. The topological polar surface area (TPSA) is 66.7 Å². The summed E-state index contributed by atoms with van der Waals surface area (Å²) in [5.74, 6) is 0.191. The second kappa shape index (κ2) is 5.74. The van der Waals surface area contributed by atoms with E-state index in [1.807, 2.05) is 16.7 Å². The van der Waals surface area contributed by atoms with Gasteiger partial charge in [0.15, 0.2) is 0 Å². The minimum absolute atomic E-state index is 0.0353. The molecule has 1 atom stereocenters. The minimum Gasteiger partial charge on any atom is -0.364 e. The molecule has 0 bridgehead atoms. The molecule has 2 amide bonds. The van der Waals surface area contributed by atoms with Crippen molar-refractivity contribution >= 4 is 11.8 Å². The number of aromatic nitrogens is 1. The van der Waals surface area contributed by atoms with Crippen LogP contribution < -0.4 is 0 Å². The van der Waals surface area contributed by atoms with Gasteiger partial charge in [0, 0.05) is 26.1 Å². The van der Waals surface area contributed by atoms with E-state index in [1.165, 1.54) is 6.26 Å². The summed E-state index contributed by atoms with van der Waals surface area (Å²) in [6.45, 7) is 5.87. The normalized spacial score (nSPS) is 25.8. The van der Waals surface area contributed by atoms with Gasteiger partial charge in [-0.2, -0.15) is 0 Å². The van der Waals surface area contributed by atoms with Gasteiger partial charge >= 0.3 is 0 Å². The van der Waals surface area contributed by atoms with Crippen LogP contribution in [-0.4, -0.2) is 51.9 Å². The first-order valence-corrected chi connectivity index (χ1v) is 8.08. The molecule has 2 saturated heterocycles. The van der Waals surface area contributed by atoms with Gasteiger partial charge in [-0.1, -0.05) is 5.16 Å². The average Bonchev–Trinajstić information content (AvgIpc) is 2.93. The van der Waals surface area contributed by atoms with Crippen LogP contribution in [0.3, 0.4) is 0 Å². The number of carbonyl (C=O) groups excluding carboxylic acids is 2. The van der Waals surface area contributed by atoms with Gasteiger partial charge in [-0.25, -0.2) is 0 Å². The highest BCUT2D eigenvalue weighted by atomic mass is 16.5. The molecule has 120 valence electrons. The lowest BCUT2D eigenvalue weighted by Gasteiger charge is -2.51. The van der Waals surface area contributed by atoms with Crippen LogP contribution in [0, 0.1) is 6.92 Å². The lowest BCUT2D eigenvalue weighted by Crippen LogP contribution is -2.63. The zero-order chi connectivity index (χ0) is 15.7. The smallest absolute Gasteiger partial charge is 0.259 e. The van der Waals surface area contributed by atoms with Crippen LogP contribution in [0.2, 0.25) is 0 Å². The van der Waals surface area contributed by atoms with Crippen LogP contribution in [-0.2, 0) is 4.79 Å². The molecule has 0 radical (unpaired) electrons. The molecule has 6 nitrogen and oxygen atoms in total. The van der Waals surface area contributed by atoms with E-state index in [1.54, 1.807) is 6.92 Å². The molecule has 2 aliphatic heterocycles. The van der Waals surface area contributed by atoms with E-state index < -0.39 is 0 Å². The second-order valence-corrected chi connectivity index (χ2v) is 6.36. The molecule has 2 fully saturated rings. The first-order chi connectivity index (χ1) is 10.6. The highest BCUT2D eigenvalue weighted by molar-refractivity contribution is 5.95. The minimum atomic E-state index is -0.178. The van der Waals surface area contributed by atoms with Crippen LogP contribution in [0.25, 0.3) is 0 Å². The van der Waals surface area contributed by atoms with E-state index in [0.717, 1.165) is 32.2 Å². The summed E-state index contributed by atoms with van der Waals surface area (Å²) in [7, 11) is 0. The molecule has 22 heavy (non-hydrogen) atoms. The molecule has 3 heterocycles. The predicted molar refractivity (Wildman–Crippen MR) is 80.3 cm³/mol. The molecule has 0 N–H and O–H groups in total. The summed E-state index contributed by atoms with van der Waals surface area (Å²) in [5.41, 5.74) is 0.974. The molecule has 0 unspecified atom stereocenters. The van der Waals surface area contributed by atoms with Crippen molar-refractivity contribution in [2.45, 2.75) is 51.5 Å². The van der Waals surface area contributed by atoms with Gasteiger partial charge in [-0.15, -0.1) is 0 Å². The molecule has 0 saturated carbocycles. The van der Waals surface area contributed by atoms with E-state index in [9.17, 15) is 9.59 Å². The van der Waals surface area contributed by atoms with Crippen LogP contribution >= 0.6 is 0 Å². The van der Waals surface area contributed by atoms with Crippen LogP contribution in [0.15, 0.2) is 10.8 Å². The number of carbonyl (C=O) groups is 2. The molecule has 0 aliphatic carbocycles. The van der Waals surface area contributed by atoms with Gasteiger partial charge in [0.05, 0.1) is 11.2 Å². The number of likely N-dealkylation sites (tertiary alicyclic amines) is 2. The van der Waals surface area contributed by atoms with Gasteiger partial charge in [0.2, 0.25) is 5.91 Å². The Bertz CT molecular complexity index is 579. The number of nitrogens with zero attached hydrogens (tertiary/aromatic N) is 3. The fourth-order valence-corrected chi connectivity index (χ4v) is 3.99. The molecule has 0 aromatic carbocycles. The summed E-state index contributed by atoms with van der Waals surface area (Å²) in [6.07, 6.45) is 5.87. The van der Waals surface area contributed by atoms with Gasteiger partial charge in [0.25, 0.3) is 5.91 Å². The zero-order valence-corrected chi connectivity index (χ0v) is 13.3. The number of hydrogen-bond acceptors (Lipinski definition) is 4. The molecule has 1 spiro atoms. The fraction of sp³-hybridized carbons (Fsp3) is 0.688. The Hall–Kier alpha value is -1.85. The summed E-state index contributed by atoms with van der Waals surface area (Å²) in [6, 6.07) is 0. The maximum atomic E-state index is 12.7. The van der Waals surface area contributed by atoms with Crippen molar-refractivity contribution in [2.24, 2.45) is 0 Å². The Balaban J connectivity index is 1.83. The van der Waals surface area contributed by atoms with Crippen molar-refractivity contribution in [2.75, 3.05) is 19.6 Å². The molecule has 6 heteroatoms. The largest absolute Gasteiger partial charge is 0.364 e. The summed E-state index contributed by atoms with van der Waals surface area (Å²) in [4.78, 5) is 28.8. The number of piperidine rings is 2. The van der Waals surface area contributed by atoms with E-state index in [0.29, 0.717) is 30.8 Å². The van der Waals surface area contributed by atoms with Crippen molar-refractivity contribution in [3.05, 3.63) is 17.5 Å². The molecule has 1 aromatic heterocycles. The third kappa shape index (κ3) is 2.40. The number of hydrogen-bond donors (Lipinski definition) is 0. The molecular weight excluding hydrogens is 282 g/mol. The van der Waals surface area contributed by atoms with E-state index in [2.05, 4.69) is 5.16 Å². The summed E-state index contributed by atoms with van der Waals surface area (Å²) < 4.78 is 4.89. The lowest BCUT2D eigenvalue weighted by atomic mass is 9.79. The Kier molecular flexibility index (Phi) is 3.93. The highest BCUT2D eigenvalue weighted by Gasteiger charge is 2.45. The second-order valence-electron chi connectivity index (χ2n) is 6.36. The summed E-state index contributed by atoms with van der Waals surface area (Å²) >= 11 is 0. The number of aryl methyl sites for hydroxylation is 1. The van der Waals surface area contributed by atoms with Crippen molar-refractivity contribution in [3.63, 3.8) is 0 Å². The van der Waals surface area contributed by atoms with Crippen molar-refractivity contribution in [3.8, 4) is 0 Å². The number of likely N-dealkylation sites (N-methyl/N-ethyl adjacent to an activating group) is 1. The summed E-state index contributed by atoms with van der Waals surface area (Å²) in [5, 5.41) is 3.79. The Labute approximate surface area is 130 Å². The SMILES string of the molecule is CCN1C(=O)CCC[C@]12CCCN(C(=O)c1conc1C)C2. The highest BCUT2D eigenvalue weighted by Crippen LogP contribution is 2.37. The van der Waals surface area contributed by atoms with Crippen LogP contribution in [0.5, 0.6) is 0 Å². The van der Waals surface area contributed by atoms with E-state index >= 15 is 0 Å². The maximum absolute atomic E-state index is 12.7. The zero-order valence-electron chi connectivity index (χ0n) is 13.3. The van der Waals surface area contributed by atoms with Crippen molar-refractivity contribution < 1.29 is 14.1 Å². The fourth-order valence-electron chi connectivity index (χ4n) is 3.99. The Morgan fingerprint density at radius 3 is 2.86 bits per heavy atom. The Morgan fingerprint density at radius 2 is 2.18 bits per heavy atom. The third-order valence-corrected chi connectivity index (χ3v) is 5.05. The van der Waals surface area contributed by atoms with Gasteiger partial charge < -0.3 is 14.3 Å². The third-order valence-electron chi connectivity index (χ3n) is 5.05. The molecule has 3 rings (SSSR count). The monoisotopic (exact) mass is 305 g/mol. The van der Waals surface area contributed by atoms with Gasteiger partial charge in [0.1, 0.15) is 11.8 Å².